The molecule has 116 valence electrons. The minimum atomic E-state index is 0.322. The van der Waals surface area contributed by atoms with Gasteiger partial charge >= 0.3 is 0 Å². The van der Waals surface area contributed by atoms with Crippen LogP contribution in [0, 0.1) is 0 Å². The highest BCUT2D eigenvalue weighted by molar-refractivity contribution is 5.19. The highest BCUT2D eigenvalue weighted by Gasteiger charge is 2.04. The molecule has 1 saturated carbocycles. The SMILES string of the molecule is C=C1CCC(=C)CC1.Oc1ccccc1.Oc1ccccc1. The lowest BCUT2D eigenvalue weighted by molar-refractivity contribution is 0.475. The second-order valence-electron chi connectivity index (χ2n) is 5.17. The summed E-state index contributed by atoms with van der Waals surface area (Å²) >= 11 is 0. The van der Waals surface area contributed by atoms with Crippen LogP contribution in [-0.2, 0) is 0 Å². The molecule has 1 aliphatic carbocycles. The first-order valence-corrected chi connectivity index (χ1v) is 7.39. The third-order valence-electron chi connectivity index (χ3n) is 3.18. The number of rotatable bonds is 0. The van der Waals surface area contributed by atoms with Crippen LogP contribution in [-0.4, -0.2) is 10.2 Å². The van der Waals surface area contributed by atoms with Gasteiger partial charge in [0, 0.05) is 0 Å². The number of phenolic OH excluding ortho intramolecular Hbond substituents is 2. The van der Waals surface area contributed by atoms with E-state index in [0.717, 1.165) is 0 Å². The van der Waals surface area contributed by atoms with Crippen molar-refractivity contribution < 1.29 is 10.2 Å². The Morgan fingerprint density at radius 1 is 0.545 bits per heavy atom. The monoisotopic (exact) mass is 296 g/mol. The van der Waals surface area contributed by atoms with E-state index in [1.54, 1.807) is 48.5 Å². The highest BCUT2D eigenvalue weighted by atomic mass is 16.3. The van der Waals surface area contributed by atoms with Gasteiger partial charge in [-0.3, -0.25) is 0 Å². The predicted molar refractivity (Wildman–Crippen MR) is 93.0 cm³/mol. The molecule has 2 nitrogen and oxygen atoms in total. The maximum Gasteiger partial charge on any atom is 0.115 e. The van der Waals surface area contributed by atoms with Gasteiger partial charge in [-0.05, 0) is 49.9 Å². The second kappa shape index (κ2) is 10.3. The van der Waals surface area contributed by atoms with E-state index in [1.807, 2.05) is 12.1 Å². The van der Waals surface area contributed by atoms with E-state index in [0.29, 0.717) is 11.5 Å². The summed E-state index contributed by atoms with van der Waals surface area (Å²) in [4.78, 5) is 0. The zero-order valence-electron chi connectivity index (χ0n) is 12.9. The van der Waals surface area contributed by atoms with Gasteiger partial charge in [-0.1, -0.05) is 60.7 Å². The number of phenols is 2. The van der Waals surface area contributed by atoms with Crippen LogP contribution >= 0.6 is 0 Å². The van der Waals surface area contributed by atoms with Gasteiger partial charge in [0.2, 0.25) is 0 Å². The van der Waals surface area contributed by atoms with Crippen molar-refractivity contribution in [3.05, 3.63) is 85.0 Å². The van der Waals surface area contributed by atoms with Gasteiger partial charge in [0.15, 0.2) is 0 Å². The maximum atomic E-state index is 8.63. The normalized spacial score (nSPS) is 13.3. The van der Waals surface area contributed by atoms with Crippen LogP contribution in [0.5, 0.6) is 11.5 Å². The molecule has 0 amide bonds. The zero-order valence-corrected chi connectivity index (χ0v) is 12.9. The molecule has 0 bridgehead atoms. The molecule has 22 heavy (non-hydrogen) atoms. The van der Waals surface area contributed by atoms with Crippen molar-refractivity contribution in [2.24, 2.45) is 0 Å². The average Bonchev–Trinajstić information content (AvgIpc) is 2.53. The molecule has 0 aliphatic heterocycles. The number of hydrogen-bond acceptors (Lipinski definition) is 2. The van der Waals surface area contributed by atoms with Crippen molar-refractivity contribution in [1.29, 1.82) is 0 Å². The lowest BCUT2D eigenvalue weighted by Gasteiger charge is -2.13. The van der Waals surface area contributed by atoms with E-state index in [4.69, 9.17) is 10.2 Å². The fourth-order valence-corrected chi connectivity index (χ4v) is 1.81. The molecule has 1 aliphatic rings. The number of benzene rings is 2. The van der Waals surface area contributed by atoms with Gasteiger partial charge in [0.05, 0.1) is 0 Å². The summed E-state index contributed by atoms with van der Waals surface area (Å²) in [5, 5.41) is 17.3. The Bertz CT molecular complexity index is 493. The smallest absolute Gasteiger partial charge is 0.115 e. The van der Waals surface area contributed by atoms with Crippen LogP contribution in [0.3, 0.4) is 0 Å². The molecule has 2 heteroatoms. The molecule has 2 N–H and O–H groups in total. The zero-order chi connectivity index (χ0) is 16.2. The summed E-state index contributed by atoms with van der Waals surface area (Å²) in [5.74, 6) is 0.644. The van der Waals surface area contributed by atoms with Gasteiger partial charge in [-0.15, -0.1) is 0 Å². The van der Waals surface area contributed by atoms with Gasteiger partial charge in [0.1, 0.15) is 11.5 Å². The predicted octanol–water partition coefficient (Wildman–Crippen LogP) is 5.46. The third kappa shape index (κ3) is 8.64. The topological polar surface area (TPSA) is 40.5 Å². The molecule has 0 unspecified atom stereocenters. The summed E-state index contributed by atoms with van der Waals surface area (Å²) in [6.45, 7) is 7.82. The third-order valence-corrected chi connectivity index (χ3v) is 3.18. The van der Waals surface area contributed by atoms with Crippen molar-refractivity contribution >= 4 is 0 Å². The molecule has 2 aromatic rings. The first kappa shape index (κ1) is 17.6. The van der Waals surface area contributed by atoms with Crippen LogP contribution in [0.15, 0.2) is 85.0 Å². The second-order valence-corrected chi connectivity index (χ2v) is 5.17. The molecule has 0 heterocycles. The molecule has 0 saturated heterocycles. The molecular formula is C20H24O2. The quantitative estimate of drug-likeness (QED) is 0.634. The van der Waals surface area contributed by atoms with Crippen molar-refractivity contribution in [3.8, 4) is 11.5 Å². The maximum absolute atomic E-state index is 8.63. The van der Waals surface area contributed by atoms with Crippen molar-refractivity contribution in [2.45, 2.75) is 25.7 Å². The lowest BCUT2D eigenvalue weighted by Crippen LogP contribution is -1.93. The minimum absolute atomic E-state index is 0.322. The Morgan fingerprint density at radius 3 is 1.00 bits per heavy atom. The first-order chi connectivity index (χ1) is 10.6. The number of aromatic hydroxyl groups is 2. The Balaban J connectivity index is 0.000000166. The largest absolute Gasteiger partial charge is 0.508 e. The number of hydrogen-bond donors (Lipinski definition) is 2. The molecule has 0 radical (unpaired) electrons. The molecule has 0 atom stereocenters. The van der Waals surface area contributed by atoms with Crippen LogP contribution < -0.4 is 0 Å². The summed E-state index contributed by atoms with van der Waals surface area (Å²) < 4.78 is 0. The number of para-hydroxylation sites is 2. The fraction of sp³-hybridized carbons (Fsp3) is 0.200. The van der Waals surface area contributed by atoms with Crippen LogP contribution in [0.2, 0.25) is 0 Å². The van der Waals surface area contributed by atoms with E-state index < -0.39 is 0 Å². The Morgan fingerprint density at radius 2 is 0.818 bits per heavy atom. The van der Waals surface area contributed by atoms with Gasteiger partial charge in [-0.25, -0.2) is 0 Å². The van der Waals surface area contributed by atoms with Crippen molar-refractivity contribution in [3.63, 3.8) is 0 Å². The molecule has 1 fully saturated rings. The summed E-state index contributed by atoms with van der Waals surface area (Å²) in [6, 6.07) is 17.4. The molecule has 0 aromatic heterocycles. The summed E-state index contributed by atoms with van der Waals surface area (Å²) in [6.07, 6.45) is 4.72. The summed E-state index contributed by atoms with van der Waals surface area (Å²) in [7, 11) is 0. The van der Waals surface area contributed by atoms with Crippen LogP contribution in [0.25, 0.3) is 0 Å². The Kier molecular flexibility index (Phi) is 8.21. The van der Waals surface area contributed by atoms with Gasteiger partial charge < -0.3 is 10.2 Å². The van der Waals surface area contributed by atoms with Crippen LogP contribution in [0.4, 0.5) is 0 Å². The Labute approximate surface area is 133 Å². The summed E-state index contributed by atoms with van der Waals surface area (Å²) in [5.41, 5.74) is 2.80. The average molecular weight is 296 g/mol. The first-order valence-electron chi connectivity index (χ1n) is 7.39. The molecule has 3 rings (SSSR count). The highest BCUT2D eigenvalue weighted by Crippen LogP contribution is 2.24. The standard InChI is InChI=1S/C8H12.2C6H6O/c1-7-3-5-8(2)6-4-7;2*7-6-4-2-1-3-5-6/h1-6H2;2*1-5,7H. The number of allylic oxidation sites excluding steroid dienone is 2. The van der Waals surface area contributed by atoms with Gasteiger partial charge in [0.25, 0.3) is 0 Å². The van der Waals surface area contributed by atoms with E-state index >= 15 is 0 Å². The van der Waals surface area contributed by atoms with Crippen molar-refractivity contribution in [1.82, 2.24) is 0 Å². The van der Waals surface area contributed by atoms with E-state index in [2.05, 4.69) is 13.2 Å². The molecule has 0 spiro atoms. The van der Waals surface area contributed by atoms with E-state index in [1.165, 1.54) is 36.8 Å². The minimum Gasteiger partial charge on any atom is -0.508 e. The lowest BCUT2D eigenvalue weighted by atomic mass is 9.93. The molecular weight excluding hydrogens is 272 g/mol. The Hall–Kier alpha value is -2.48. The van der Waals surface area contributed by atoms with Gasteiger partial charge in [-0.2, -0.15) is 0 Å². The van der Waals surface area contributed by atoms with E-state index in [-0.39, 0.29) is 0 Å². The van der Waals surface area contributed by atoms with Crippen molar-refractivity contribution in [2.75, 3.05) is 0 Å². The fourth-order valence-electron chi connectivity index (χ4n) is 1.81. The van der Waals surface area contributed by atoms with E-state index in [9.17, 15) is 0 Å². The molecule has 2 aromatic carbocycles. The van der Waals surface area contributed by atoms with Crippen LogP contribution in [0.1, 0.15) is 25.7 Å².